The third-order valence-electron chi connectivity index (χ3n) is 3.16. The number of nitrogens with one attached hydrogen (secondary N) is 1. The zero-order chi connectivity index (χ0) is 11.5. The quantitative estimate of drug-likeness (QED) is 0.850. The smallest absolute Gasteiger partial charge is 0.124 e. The van der Waals surface area contributed by atoms with Gasteiger partial charge in [0.2, 0.25) is 0 Å². The number of ether oxygens (including phenoxy) is 1. The van der Waals surface area contributed by atoms with Gasteiger partial charge in [-0.15, -0.1) is 0 Å². The average molecular weight is 223 g/mol. The van der Waals surface area contributed by atoms with Crippen molar-refractivity contribution in [1.29, 1.82) is 0 Å². The topological polar surface area (TPSA) is 21.3 Å². The molecule has 3 heteroatoms. The van der Waals surface area contributed by atoms with Crippen LogP contribution < -0.4 is 10.1 Å². The molecule has 1 aliphatic rings. The fraction of sp³-hybridized carbons (Fsp3) is 0.538. The second-order valence-corrected chi connectivity index (χ2v) is 4.23. The molecule has 0 spiro atoms. The van der Waals surface area contributed by atoms with Crippen molar-refractivity contribution in [3.05, 3.63) is 29.3 Å². The fourth-order valence-corrected chi connectivity index (χ4v) is 2.39. The van der Waals surface area contributed by atoms with Gasteiger partial charge in [-0.2, -0.15) is 0 Å². The third kappa shape index (κ3) is 2.05. The Morgan fingerprint density at radius 3 is 2.88 bits per heavy atom. The van der Waals surface area contributed by atoms with E-state index in [0.29, 0.717) is 0 Å². The molecule has 1 N–H and O–H groups in total. The zero-order valence-electron chi connectivity index (χ0n) is 9.79. The minimum atomic E-state index is -0.951. The van der Waals surface area contributed by atoms with Crippen molar-refractivity contribution < 1.29 is 9.13 Å². The number of hydrogen-bond donors (Lipinski definition) is 1. The van der Waals surface area contributed by atoms with E-state index in [4.69, 9.17) is 4.74 Å². The maximum atomic E-state index is 13.6. The highest BCUT2D eigenvalue weighted by Gasteiger charge is 2.24. The summed E-state index contributed by atoms with van der Waals surface area (Å²) in [4.78, 5) is 0. The lowest BCUT2D eigenvalue weighted by atomic mass is 9.95. The first-order chi connectivity index (χ1) is 7.74. The van der Waals surface area contributed by atoms with Gasteiger partial charge >= 0.3 is 0 Å². The standard InChI is InChI=1S/C13H18FNO/c1-9(14)10-5-3-7-12(16-2)13(10)11-6-4-8-15-11/h3,5,7,9,11,15H,4,6,8H2,1-2H3. The molecule has 0 amide bonds. The molecular formula is C13H18FNO. The first-order valence-electron chi connectivity index (χ1n) is 5.78. The van der Waals surface area contributed by atoms with Crippen molar-refractivity contribution in [2.45, 2.75) is 32.0 Å². The van der Waals surface area contributed by atoms with Gasteiger partial charge in [0.05, 0.1) is 7.11 Å². The lowest BCUT2D eigenvalue weighted by Crippen LogP contribution is -2.16. The number of benzene rings is 1. The molecule has 1 aromatic carbocycles. The van der Waals surface area contributed by atoms with E-state index < -0.39 is 6.17 Å². The van der Waals surface area contributed by atoms with Gasteiger partial charge < -0.3 is 10.1 Å². The molecule has 1 aliphatic heterocycles. The lowest BCUT2D eigenvalue weighted by molar-refractivity contribution is 0.360. The molecule has 16 heavy (non-hydrogen) atoms. The number of halogens is 1. The van der Waals surface area contributed by atoms with Gasteiger partial charge in [-0.05, 0) is 37.9 Å². The largest absolute Gasteiger partial charge is 0.496 e. The molecule has 2 atom stereocenters. The summed E-state index contributed by atoms with van der Waals surface area (Å²) in [6.45, 7) is 2.58. The maximum absolute atomic E-state index is 13.6. The van der Waals surface area contributed by atoms with Gasteiger partial charge in [0.1, 0.15) is 11.9 Å². The Hall–Kier alpha value is -1.09. The molecule has 1 aromatic rings. The Labute approximate surface area is 95.8 Å². The van der Waals surface area contributed by atoms with Crippen LogP contribution in [0.25, 0.3) is 0 Å². The fourth-order valence-electron chi connectivity index (χ4n) is 2.39. The zero-order valence-corrected chi connectivity index (χ0v) is 9.79. The summed E-state index contributed by atoms with van der Waals surface area (Å²) < 4.78 is 18.9. The van der Waals surface area contributed by atoms with Gasteiger partial charge in [-0.3, -0.25) is 0 Å². The van der Waals surface area contributed by atoms with Crippen LogP contribution in [0.3, 0.4) is 0 Å². The first kappa shape index (κ1) is 11.4. The molecule has 1 heterocycles. The van der Waals surface area contributed by atoms with Crippen molar-refractivity contribution in [2.24, 2.45) is 0 Å². The summed E-state index contributed by atoms with van der Waals surface area (Å²) in [5, 5.41) is 3.40. The van der Waals surface area contributed by atoms with Crippen LogP contribution in [-0.4, -0.2) is 13.7 Å². The summed E-state index contributed by atoms with van der Waals surface area (Å²) >= 11 is 0. The van der Waals surface area contributed by atoms with Crippen LogP contribution in [0, 0.1) is 0 Å². The summed E-state index contributed by atoms with van der Waals surface area (Å²) in [5.74, 6) is 0.793. The van der Waals surface area contributed by atoms with Gasteiger partial charge in [0.15, 0.2) is 0 Å². The molecular weight excluding hydrogens is 205 g/mol. The van der Waals surface area contributed by atoms with Crippen LogP contribution in [0.2, 0.25) is 0 Å². The van der Waals surface area contributed by atoms with Crippen LogP contribution in [0.1, 0.15) is 43.1 Å². The van der Waals surface area contributed by atoms with Gasteiger partial charge in [0.25, 0.3) is 0 Å². The maximum Gasteiger partial charge on any atom is 0.124 e. The highest BCUT2D eigenvalue weighted by Crippen LogP contribution is 2.37. The van der Waals surface area contributed by atoms with Crippen LogP contribution in [0.15, 0.2) is 18.2 Å². The number of hydrogen-bond acceptors (Lipinski definition) is 2. The highest BCUT2D eigenvalue weighted by molar-refractivity contribution is 5.44. The van der Waals surface area contributed by atoms with Crippen molar-refractivity contribution in [3.8, 4) is 5.75 Å². The number of rotatable bonds is 3. The molecule has 2 rings (SSSR count). The Kier molecular flexibility index (Phi) is 3.44. The van der Waals surface area contributed by atoms with Crippen molar-refractivity contribution >= 4 is 0 Å². The molecule has 0 aromatic heterocycles. The van der Waals surface area contributed by atoms with E-state index in [2.05, 4.69) is 5.32 Å². The molecule has 1 fully saturated rings. The van der Waals surface area contributed by atoms with Crippen molar-refractivity contribution in [3.63, 3.8) is 0 Å². The van der Waals surface area contributed by atoms with E-state index in [1.54, 1.807) is 14.0 Å². The molecule has 2 unspecified atom stereocenters. The molecule has 0 saturated carbocycles. The molecule has 0 bridgehead atoms. The highest BCUT2D eigenvalue weighted by atomic mass is 19.1. The third-order valence-corrected chi connectivity index (χ3v) is 3.16. The Bertz CT molecular complexity index is 359. The molecule has 1 saturated heterocycles. The molecule has 0 radical (unpaired) electrons. The normalized spacial score (nSPS) is 22.1. The SMILES string of the molecule is COc1cccc(C(C)F)c1C1CCCN1. The minimum absolute atomic E-state index is 0.240. The van der Waals surface area contributed by atoms with Crippen LogP contribution in [0.5, 0.6) is 5.75 Å². The van der Waals surface area contributed by atoms with Gasteiger partial charge in [-0.25, -0.2) is 4.39 Å². The summed E-state index contributed by atoms with van der Waals surface area (Å²) in [7, 11) is 1.64. The van der Waals surface area contributed by atoms with E-state index in [1.807, 2.05) is 18.2 Å². The Balaban J connectivity index is 2.44. The predicted octanol–water partition coefficient (Wildman–Crippen LogP) is 3.15. The van der Waals surface area contributed by atoms with E-state index in [1.165, 1.54) is 0 Å². The number of methoxy groups -OCH3 is 1. The molecule has 0 aliphatic carbocycles. The number of alkyl halides is 1. The Morgan fingerprint density at radius 2 is 2.31 bits per heavy atom. The predicted molar refractivity (Wildman–Crippen MR) is 62.5 cm³/mol. The van der Waals surface area contributed by atoms with Crippen LogP contribution in [0.4, 0.5) is 4.39 Å². The summed E-state index contributed by atoms with van der Waals surface area (Å²) in [5.41, 5.74) is 1.75. The van der Waals surface area contributed by atoms with E-state index in [9.17, 15) is 4.39 Å². The second kappa shape index (κ2) is 4.83. The summed E-state index contributed by atoms with van der Waals surface area (Å²) in [6, 6.07) is 5.84. The van der Waals surface area contributed by atoms with Gasteiger partial charge in [0, 0.05) is 11.6 Å². The second-order valence-electron chi connectivity index (χ2n) is 4.23. The monoisotopic (exact) mass is 223 g/mol. The van der Waals surface area contributed by atoms with E-state index >= 15 is 0 Å². The van der Waals surface area contributed by atoms with E-state index in [0.717, 1.165) is 36.3 Å². The van der Waals surface area contributed by atoms with Crippen LogP contribution in [-0.2, 0) is 0 Å². The van der Waals surface area contributed by atoms with Gasteiger partial charge in [-0.1, -0.05) is 12.1 Å². The first-order valence-corrected chi connectivity index (χ1v) is 5.78. The minimum Gasteiger partial charge on any atom is -0.496 e. The molecule has 88 valence electrons. The summed E-state index contributed by atoms with van der Waals surface area (Å²) in [6.07, 6.45) is 1.25. The average Bonchev–Trinajstić information content (AvgIpc) is 2.81. The van der Waals surface area contributed by atoms with Crippen LogP contribution >= 0.6 is 0 Å². The van der Waals surface area contributed by atoms with E-state index in [-0.39, 0.29) is 6.04 Å². The Morgan fingerprint density at radius 1 is 1.50 bits per heavy atom. The lowest BCUT2D eigenvalue weighted by Gasteiger charge is -2.20. The van der Waals surface area contributed by atoms with Crippen molar-refractivity contribution in [1.82, 2.24) is 5.32 Å². The molecule has 2 nitrogen and oxygen atoms in total. The van der Waals surface area contributed by atoms with Crippen molar-refractivity contribution in [2.75, 3.05) is 13.7 Å².